The van der Waals surface area contributed by atoms with Gasteiger partial charge in [-0.25, -0.2) is 10.2 Å². The molecular weight excluding hydrogens is 485 g/mol. The third-order valence-electron chi connectivity index (χ3n) is 3.06. The van der Waals surface area contributed by atoms with Crippen molar-refractivity contribution in [2.75, 3.05) is 20.3 Å². The molecule has 6 nitrogen and oxygen atoms in total. The van der Waals surface area contributed by atoms with Crippen molar-refractivity contribution in [1.82, 2.24) is 5.43 Å². The summed E-state index contributed by atoms with van der Waals surface area (Å²) in [6, 6.07) is -3.31. The number of nitrogens with one attached hydrogen (secondary N) is 1. The summed E-state index contributed by atoms with van der Waals surface area (Å²) in [4.78, 5) is 11.2. The maximum absolute atomic E-state index is 13.2. The Morgan fingerprint density at radius 2 is 1.79 bits per heavy atom. The predicted octanol–water partition coefficient (Wildman–Crippen LogP) is 4.11. The van der Waals surface area contributed by atoms with Gasteiger partial charge in [0.15, 0.2) is 18.1 Å². The molecule has 1 N–H and O–H groups in total. The van der Waals surface area contributed by atoms with Crippen LogP contribution in [-0.2, 0) is 9.53 Å². The van der Waals surface area contributed by atoms with Crippen molar-refractivity contribution >= 4 is 28.1 Å². The maximum Gasteiger partial charge on any atom is 0.462 e. The van der Waals surface area contributed by atoms with E-state index in [1.807, 2.05) is 0 Å². The van der Waals surface area contributed by atoms with Gasteiger partial charge in [0.25, 0.3) is 0 Å². The van der Waals surface area contributed by atoms with Crippen LogP contribution in [0.3, 0.4) is 0 Å². The lowest BCUT2D eigenvalue weighted by molar-refractivity contribution is -0.361. The molecule has 0 amide bonds. The monoisotopic (exact) mass is 498 g/mol. The lowest BCUT2D eigenvalue weighted by Crippen LogP contribution is -2.58. The van der Waals surface area contributed by atoms with Crippen LogP contribution in [0.2, 0.25) is 0 Å². The zero-order valence-corrected chi connectivity index (χ0v) is 16.3. The minimum atomic E-state index is -6.48. The number of alkyl halides is 7. The first-order valence-corrected chi connectivity index (χ1v) is 8.34. The first-order chi connectivity index (χ1) is 13.3. The molecule has 0 fully saturated rings. The molecule has 14 heteroatoms. The Labute approximate surface area is 168 Å². The van der Waals surface area contributed by atoms with Gasteiger partial charge in [-0.15, -0.1) is 0 Å². The van der Waals surface area contributed by atoms with Crippen LogP contribution in [0.4, 0.5) is 30.7 Å². The number of hydrogen-bond donors (Lipinski definition) is 1. The van der Waals surface area contributed by atoms with Gasteiger partial charge in [0.05, 0.1) is 24.4 Å². The molecular formula is C15H14BrF7N2O4. The van der Waals surface area contributed by atoms with Gasteiger partial charge >= 0.3 is 24.1 Å². The number of carbonyl (C=O) groups excluding carboxylic acids is 1. The fourth-order valence-corrected chi connectivity index (χ4v) is 2.27. The van der Waals surface area contributed by atoms with Crippen molar-refractivity contribution < 1.29 is 49.7 Å². The van der Waals surface area contributed by atoms with E-state index >= 15 is 0 Å². The Morgan fingerprint density at radius 1 is 1.17 bits per heavy atom. The number of hydrogen-bond acceptors (Lipinski definition) is 6. The highest BCUT2D eigenvalue weighted by molar-refractivity contribution is 9.10. The third kappa shape index (κ3) is 6.11. The van der Waals surface area contributed by atoms with E-state index in [1.165, 1.54) is 12.1 Å². The van der Waals surface area contributed by atoms with E-state index in [9.17, 15) is 35.5 Å². The fraction of sp³-hybridized carbons (Fsp3) is 0.467. The summed E-state index contributed by atoms with van der Waals surface area (Å²) in [6.07, 6.45) is -5.92. The molecule has 0 heterocycles. The van der Waals surface area contributed by atoms with Crippen molar-refractivity contribution in [2.45, 2.75) is 25.1 Å². The van der Waals surface area contributed by atoms with E-state index in [0.29, 0.717) is 11.6 Å². The number of methoxy groups -OCH3 is 1. The molecule has 0 radical (unpaired) electrons. The Morgan fingerprint density at radius 3 is 2.31 bits per heavy atom. The summed E-state index contributed by atoms with van der Waals surface area (Å²) in [5.41, 5.74) is 0.481. The highest BCUT2D eigenvalue weighted by atomic mass is 79.9. The van der Waals surface area contributed by atoms with Gasteiger partial charge in [-0.2, -0.15) is 35.8 Å². The van der Waals surface area contributed by atoms with E-state index in [2.05, 4.69) is 25.8 Å². The summed E-state index contributed by atoms with van der Waals surface area (Å²) in [7, 11) is 1.13. The van der Waals surface area contributed by atoms with Crippen molar-refractivity contribution in [3.63, 3.8) is 0 Å². The van der Waals surface area contributed by atoms with Crippen molar-refractivity contribution in [3.8, 4) is 11.5 Å². The number of esters is 1. The van der Waals surface area contributed by atoms with E-state index < -0.39 is 30.7 Å². The SMILES string of the molecule is CCOc1cc(/C=N/NC(F)(F)C(F)(F)C(F)(F)F)cc(Br)c1OCC(=O)OC. The molecule has 0 aliphatic heterocycles. The van der Waals surface area contributed by atoms with Gasteiger partial charge in [-0.05, 0) is 40.5 Å². The number of ether oxygens (including phenoxy) is 3. The molecule has 29 heavy (non-hydrogen) atoms. The number of nitrogens with zero attached hydrogens (tertiary/aromatic N) is 1. The van der Waals surface area contributed by atoms with Gasteiger partial charge in [0.2, 0.25) is 0 Å². The normalized spacial score (nSPS) is 12.8. The van der Waals surface area contributed by atoms with Crippen LogP contribution in [0.5, 0.6) is 11.5 Å². The van der Waals surface area contributed by atoms with Gasteiger partial charge < -0.3 is 14.2 Å². The molecule has 1 aromatic rings. The van der Waals surface area contributed by atoms with Crippen LogP contribution >= 0.6 is 15.9 Å². The average Bonchev–Trinajstić information content (AvgIpc) is 2.59. The predicted molar refractivity (Wildman–Crippen MR) is 89.5 cm³/mol. The third-order valence-corrected chi connectivity index (χ3v) is 3.65. The lowest BCUT2D eigenvalue weighted by atomic mass is 10.2. The number of halogens is 8. The Balaban J connectivity index is 3.06. The molecule has 0 unspecified atom stereocenters. The van der Waals surface area contributed by atoms with Gasteiger partial charge in [0, 0.05) is 0 Å². The molecule has 0 aliphatic rings. The molecule has 164 valence electrons. The Bertz CT molecular complexity index is 757. The number of hydrazone groups is 1. The zero-order valence-electron chi connectivity index (χ0n) is 14.8. The molecule has 0 atom stereocenters. The smallest absolute Gasteiger partial charge is 0.462 e. The van der Waals surface area contributed by atoms with Gasteiger partial charge in [-0.1, -0.05) is 0 Å². The van der Waals surface area contributed by atoms with Crippen molar-refractivity contribution in [1.29, 1.82) is 0 Å². The minimum Gasteiger partial charge on any atom is -0.490 e. The standard InChI is InChI=1S/C15H14BrF7N2O4/c1-3-28-10-5-8(4-9(16)12(10)29-7-11(26)27-2)6-24-25-15(22,23)13(17,18)14(19,20)21/h4-6,25H,3,7H2,1-2H3/b24-6+. The minimum absolute atomic E-state index is 0.0135. The lowest BCUT2D eigenvalue weighted by Gasteiger charge is -2.27. The summed E-state index contributed by atoms with van der Waals surface area (Å²) in [5.74, 6) is -7.00. The first-order valence-electron chi connectivity index (χ1n) is 7.55. The second kappa shape index (κ2) is 9.50. The topological polar surface area (TPSA) is 69.1 Å². The summed E-state index contributed by atoms with van der Waals surface area (Å²) < 4.78 is 103. The van der Waals surface area contributed by atoms with E-state index in [0.717, 1.165) is 7.11 Å². The maximum atomic E-state index is 13.2. The molecule has 1 aromatic carbocycles. The largest absolute Gasteiger partial charge is 0.490 e. The van der Waals surface area contributed by atoms with Gasteiger partial charge in [0.1, 0.15) is 0 Å². The molecule has 0 saturated carbocycles. The summed E-state index contributed by atoms with van der Waals surface area (Å²) in [5, 5.41) is 2.76. The quantitative estimate of drug-likeness (QED) is 0.182. The van der Waals surface area contributed by atoms with E-state index in [4.69, 9.17) is 9.47 Å². The summed E-state index contributed by atoms with van der Waals surface area (Å²) >= 11 is 3.07. The zero-order chi connectivity index (χ0) is 22.5. The van der Waals surface area contributed by atoms with Crippen LogP contribution in [-0.4, -0.2) is 50.7 Å². The Hall–Kier alpha value is -2.25. The van der Waals surface area contributed by atoms with Gasteiger partial charge in [-0.3, -0.25) is 0 Å². The van der Waals surface area contributed by atoms with Crippen molar-refractivity contribution in [2.24, 2.45) is 5.10 Å². The molecule has 0 bridgehead atoms. The number of carbonyl (C=O) groups is 1. The molecule has 1 rings (SSSR count). The van der Waals surface area contributed by atoms with Crippen LogP contribution in [0.1, 0.15) is 12.5 Å². The number of benzene rings is 1. The highest BCUT2D eigenvalue weighted by Crippen LogP contribution is 2.45. The van der Waals surface area contributed by atoms with Crippen molar-refractivity contribution in [3.05, 3.63) is 22.2 Å². The molecule has 0 aliphatic carbocycles. The van der Waals surface area contributed by atoms with E-state index in [1.54, 1.807) is 6.92 Å². The van der Waals surface area contributed by atoms with Crippen LogP contribution in [0.25, 0.3) is 0 Å². The fourth-order valence-electron chi connectivity index (χ4n) is 1.69. The molecule has 0 saturated heterocycles. The second-order valence-electron chi connectivity index (χ2n) is 5.14. The molecule has 0 aromatic heterocycles. The number of rotatable bonds is 9. The highest BCUT2D eigenvalue weighted by Gasteiger charge is 2.73. The van der Waals surface area contributed by atoms with Crippen LogP contribution < -0.4 is 14.9 Å². The van der Waals surface area contributed by atoms with Crippen LogP contribution in [0, 0.1) is 0 Å². The summed E-state index contributed by atoms with van der Waals surface area (Å²) in [6.45, 7) is 1.23. The van der Waals surface area contributed by atoms with E-state index in [-0.39, 0.29) is 28.1 Å². The molecule has 0 spiro atoms. The van der Waals surface area contributed by atoms with Crippen LogP contribution in [0.15, 0.2) is 21.7 Å². The average molecular weight is 499 g/mol. The second-order valence-corrected chi connectivity index (χ2v) is 6.00. The Kier molecular flexibility index (Phi) is 8.12. The first kappa shape index (κ1) is 24.8.